The van der Waals surface area contributed by atoms with Crippen LogP contribution in [0.15, 0.2) is 29.8 Å². The number of likely N-dealkylation sites (tertiary alicyclic amines) is 1. The molecule has 1 saturated heterocycles. The Bertz CT molecular complexity index is 978. The number of ether oxygens (including phenoxy) is 2. The van der Waals surface area contributed by atoms with E-state index in [1.54, 1.807) is 37.4 Å². The van der Waals surface area contributed by atoms with E-state index in [0.29, 0.717) is 30.8 Å². The van der Waals surface area contributed by atoms with Crippen LogP contribution in [0.5, 0.6) is 5.75 Å². The number of aliphatic carboxylic acids is 1. The smallest absolute Gasteiger partial charge is 0.329 e. The fourth-order valence-electron chi connectivity index (χ4n) is 5.22. The molecule has 3 atom stereocenters. The minimum atomic E-state index is -1.35. The number of carbonyl (C=O) groups is 2. The van der Waals surface area contributed by atoms with Crippen LogP contribution in [-0.4, -0.2) is 53.2 Å². The zero-order chi connectivity index (χ0) is 24.9. The second-order valence-corrected chi connectivity index (χ2v) is 10.4. The molecular weight excluding hydrogens is 452 g/mol. The summed E-state index contributed by atoms with van der Waals surface area (Å²) in [5.74, 6) is -0.748. The van der Waals surface area contributed by atoms with Gasteiger partial charge in [0.2, 0.25) is 0 Å². The highest BCUT2D eigenvalue weighted by atomic mass is 32.1. The van der Waals surface area contributed by atoms with Gasteiger partial charge in [-0.2, -0.15) is 0 Å². The zero-order valence-electron chi connectivity index (χ0n) is 20.7. The van der Waals surface area contributed by atoms with Crippen LogP contribution in [0.25, 0.3) is 0 Å². The van der Waals surface area contributed by atoms with Gasteiger partial charge in [0.1, 0.15) is 16.3 Å². The number of carbonyl (C=O) groups excluding carboxylic acids is 1. The lowest BCUT2D eigenvalue weighted by atomic mass is 9.84. The van der Waals surface area contributed by atoms with E-state index in [0.717, 1.165) is 29.8 Å². The highest BCUT2D eigenvalue weighted by molar-refractivity contribution is 7.09. The molecule has 34 heavy (non-hydrogen) atoms. The number of carboxylic acid groups (broad SMARTS) is 1. The van der Waals surface area contributed by atoms with E-state index in [9.17, 15) is 14.7 Å². The summed E-state index contributed by atoms with van der Waals surface area (Å²) in [5, 5.41) is 13.1. The number of amides is 1. The minimum absolute atomic E-state index is 0.0793. The number of thiazole rings is 1. The molecule has 1 fully saturated rings. The van der Waals surface area contributed by atoms with Gasteiger partial charge in [-0.25, -0.2) is 9.78 Å². The average molecular weight is 489 g/mol. The van der Waals surface area contributed by atoms with Crippen LogP contribution < -0.4 is 4.74 Å². The third-order valence-corrected chi connectivity index (χ3v) is 7.41. The first-order valence-electron chi connectivity index (χ1n) is 11.9. The predicted octanol–water partition coefficient (Wildman–Crippen LogP) is 5.21. The lowest BCUT2D eigenvalue weighted by molar-refractivity contribution is -0.150. The molecular formula is C26H36N2O5S. The molecule has 0 bridgehead atoms. The van der Waals surface area contributed by atoms with Gasteiger partial charge < -0.3 is 19.5 Å². The molecule has 3 unspecified atom stereocenters. The Morgan fingerprint density at radius 3 is 2.65 bits per heavy atom. The predicted molar refractivity (Wildman–Crippen MR) is 132 cm³/mol. The van der Waals surface area contributed by atoms with Crippen LogP contribution >= 0.6 is 11.3 Å². The summed E-state index contributed by atoms with van der Waals surface area (Å²) in [6.45, 7) is 6.45. The summed E-state index contributed by atoms with van der Waals surface area (Å²) < 4.78 is 11.1. The summed E-state index contributed by atoms with van der Waals surface area (Å²) in [7, 11) is 3.20. The van der Waals surface area contributed by atoms with Crippen molar-refractivity contribution in [2.24, 2.45) is 11.8 Å². The van der Waals surface area contributed by atoms with Crippen LogP contribution in [0.4, 0.5) is 0 Å². The van der Waals surface area contributed by atoms with Crippen molar-refractivity contribution in [1.29, 1.82) is 0 Å². The largest absolute Gasteiger partial charge is 0.496 e. The van der Waals surface area contributed by atoms with Crippen molar-refractivity contribution in [1.82, 2.24) is 9.88 Å². The molecule has 1 aromatic carbocycles. The fourth-order valence-corrected chi connectivity index (χ4v) is 6.04. The summed E-state index contributed by atoms with van der Waals surface area (Å²) in [5.41, 5.74) is 0.118. The molecule has 0 radical (unpaired) electrons. The summed E-state index contributed by atoms with van der Waals surface area (Å²) in [4.78, 5) is 33.1. The number of unbranched alkanes of at least 4 members (excludes halogenated alkanes) is 1. The molecule has 2 aromatic rings. The van der Waals surface area contributed by atoms with E-state index in [4.69, 9.17) is 9.47 Å². The van der Waals surface area contributed by atoms with Gasteiger partial charge in [0, 0.05) is 30.2 Å². The van der Waals surface area contributed by atoms with Crippen molar-refractivity contribution in [3.63, 3.8) is 0 Å². The van der Waals surface area contributed by atoms with E-state index in [-0.39, 0.29) is 17.7 Å². The topological polar surface area (TPSA) is 89.0 Å². The van der Waals surface area contributed by atoms with Gasteiger partial charge in [-0.05, 0) is 49.3 Å². The molecule has 2 heterocycles. The van der Waals surface area contributed by atoms with E-state index in [2.05, 4.69) is 11.9 Å². The number of rotatable bonds is 11. The quantitative estimate of drug-likeness (QED) is 0.467. The Kier molecular flexibility index (Phi) is 8.71. The van der Waals surface area contributed by atoms with Gasteiger partial charge >= 0.3 is 5.97 Å². The van der Waals surface area contributed by atoms with Gasteiger partial charge in [-0.1, -0.05) is 33.3 Å². The highest BCUT2D eigenvalue weighted by Gasteiger charge is 2.59. The SMILES string of the molecule is CCCCc1ccc(C(=O)N2C(c3nccs3)C(COC)CC2(CC(C)C)C(=O)O)cc1OC. The molecule has 0 saturated carbocycles. The first kappa shape index (κ1) is 26.2. The number of hydrogen-bond donors (Lipinski definition) is 1. The van der Waals surface area contributed by atoms with Gasteiger partial charge in [-0.3, -0.25) is 4.79 Å². The molecule has 1 aromatic heterocycles. The molecule has 8 heteroatoms. The Morgan fingerprint density at radius 1 is 1.32 bits per heavy atom. The molecule has 1 aliphatic rings. The second-order valence-electron chi connectivity index (χ2n) is 9.47. The number of aromatic nitrogens is 1. The Hall–Kier alpha value is -2.45. The number of aryl methyl sites for hydroxylation is 1. The Labute approximate surface area is 206 Å². The molecule has 1 aliphatic heterocycles. The normalized spacial score (nSPS) is 22.4. The lowest BCUT2D eigenvalue weighted by Crippen LogP contribution is -2.54. The Morgan fingerprint density at radius 2 is 2.09 bits per heavy atom. The maximum Gasteiger partial charge on any atom is 0.329 e. The van der Waals surface area contributed by atoms with Crippen LogP contribution in [0.2, 0.25) is 0 Å². The maximum absolute atomic E-state index is 14.1. The molecule has 0 spiro atoms. The number of methoxy groups -OCH3 is 2. The van der Waals surface area contributed by atoms with Gasteiger partial charge in [0.25, 0.3) is 5.91 Å². The molecule has 1 amide bonds. The Balaban J connectivity index is 2.13. The third-order valence-electron chi connectivity index (χ3n) is 6.57. The second kappa shape index (κ2) is 11.3. The number of hydrogen-bond acceptors (Lipinski definition) is 6. The van der Waals surface area contributed by atoms with Crippen LogP contribution in [-0.2, 0) is 16.0 Å². The first-order valence-corrected chi connectivity index (χ1v) is 12.8. The monoisotopic (exact) mass is 488 g/mol. The number of carboxylic acids is 1. The van der Waals surface area contributed by atoms with Crippen molar-refractivity contribution in [3.8, 4) is 5.75 Å². The molecule has 1 N–H and O–H groups in total. The minimum Gasteiger partial charge on any atom is -0.496 e. The molecule has 0 aliphatic carbocycles. The number of benzene rings is 1. The molecule has 186 valence electrons. The summed E-state index contributed by atoms with van der Waals surface area (Å²) in [6, 6.07) is 4.99. The van der Waals surface area contributed by atoms with E-state index in [1.807, 2.05) is 25.3 Å². The lowest BCUT2D eigenvalue weighted by Gasteiger charge is -2.39. The van der Waals surface area contributed by atoms with Crippen molar-refractivity contribution in [2.45, 2.75) is 64.5 Å². The van der Waals surface area contributed by atoms with E-state index >= 15 is 0 Å². The summed E-state index contributed by atoms with van der Waals surface area (Å²) >= 11 is 1.44. The number of nitrogens with zero attached hydrogens (tertiary/aromatic N) is 2. The maximum atomic E-state index is 14.1. The molecule has 3 rings (SSSR count). The van der Waals surface area contributed by atoms with Gasteiger partial charge in [0.15, 0.2) is 0 Å². The van der Waals surface area contributed by atoms with Crippen molar-refractivity contribution < 1.29 is 24.2 Å². The van der Waals surface area contributed by atoms with Crippen LogP contribution in [0.1, 0.15) is 73.4 Å². The van der Waals surface area contributed by atoms with Crippen molar-refractivity contribution in [2.75, 3.05) is 20.8 Å². The average Bonchev–Trinajstić information content (AvgIpc) is 3.43. The highest BCUT2D eigenvalue weighted by Crippen LogP contribution is 2.51. The fraction of sp³-hybridized carbons (Fsp3) is 0.577. The van der Waals surface area contributed by atoms with E-state index in [1.165, 1.54) is 11.3 Å². The van der Waals surface area contributed by atoms with E-state index < -0.39 is 17.6 Å². The summed E-state index contributed by atoms with van der Waals surface area (Å²) in [6.07, 6.45) is 5.31. The third kappa shape index (κ3) is 5.13. The zero-order valence-corrected chi connectivity index (χ0v) is 21.6. The van der Waals surface area contributed by atoms with Gasteiger partial charge in [0.05, 0.1) is 19.8 Å². The standard InChI is InChI=1S/C26H36N2O5S/c1-6-7-8-18-9-10-19(13-21(18)33-5)24(29)28-22(23-27-11-12-34-23)20(16-32-4)15-26(28,25(30)31)14-17(2)3/h9-13,17,20,22H,6-8,14-16H2,1-5H3,(H,30,31). The van der Waals surface area contributed by atoms with Crippen molar-refractivity contribution in [3.05, 3.63) is 45.9 Å². The van der Waals surface area contributed by atoms with Crippen LogP contribution in [0.3, 0.4) is 0 Å². The molecule has 7 nitrogen and oxygen atoms in total. The van der Waals surface area contributed by atoms with Crippen molar-refractivity contribution >= 4 is 23.2 Å². The first-order chi connectivity index (χ1) is 16.3. The van der Waals surface area contributed by atoms with Gasteiger partial charge in [-0.15, -0.1) is 11.3 Å². The van der Waals surface area contributed by atoms with Crippen LogP contribution in [0, 0.1) is 11.8 Å².